The molecule has 2 rings (SSSR count). The SMILES string of the molecule is OCCC1CCCN(C2CC2)C1. The second-order valence-corrected chi connectivity index (χ2v) is 4.25. The molecule has 1 N–H and O–H groups in total. The molecule has 1 atom stereocenters. The normalized spacial score (nSPS) is 32.2. The molecular formula is C10H19NO. The molecule has 0 aromatic rings. The Balaban J connectivity index is 1.77. The minimum Gasteiger partial charge on any atom is -0.396 e. The lowest BCUT2D eigenvalue weighted by Gasteiger charge is -2.32. The summed E-state index contributed by atoms with van der Waals surface area (Å²) < 4.78 is 0. The second kappa shape index (κ2) is 3.75. The van der Waals surface area contributed by atoms with Crippen LogP contribution in [-0.2, 0) is 0 Å². The molecule has 0 aromatic carbocycles. The third-order valence-electron chi connectivity index (χ3n) is 3.15. The molecule has 0 amide bonds. The minimum absolute atomic E-state index is 0.378. The van der Waals surface area contributed by atoms with Crippen molar-refractivity contribution in [2.24, 2.45) is 5.92 Å². The largest absolute Gasteiger partial charge is 0.396 e. The van der Waals surface area contributed by atoms with Crippen LogP contribution in [0, 0.1) is 5.92 Å². The van der Waals surface area contributed by atoms with Crippen molar-refractivity contribution < 1.29 is 5.11 Å². The highest BCUT2D eigenvalue weighted by atomic mass is 16.3. The van der Waals surface area contributed by atoms with Crippen LogP contribution in [0.15, 0.2) is 0 Å². The van der Waals surface area contributed by atoms with E-state index in [2.05, 4.69) is 4.90 Å². The first kappa shape index (κ1) is 8.52. The maximum Gasteiger partial charge on any atom is 0.0434 e. The Morgan fingerprint density at radius 3 is 2.75 bits per heavy atom. The summed E-state index contributed by atoms with van der Waals surface area (Å²) in [5, 5.41) is 8.84. The van der Waals surface area contributed by atoms with Gasteiger partial charge in [-0.25, -0.2) is 0 Å². The first-order chi connectivity index (χ1) is 5.90. The lowest BCUT2D eigenvalue weighted by molar-refractivity contribution is 0.142. The molecule has 0 bridgehead atoms. The van der Waals surface area contributed by atoms with E-state index in [1.807, 2.05) is 0 Å². The summed E-state index contributed by atoms with van der Waals surface area (Å²) in [6.07, 6.45) is 6.55. The molecule has 1 saturated carbocycles. The Kier molecular flexibility index (Phi) is 2.66. The first-order valence-electron chi connectivity index (χ1n) is 5.25. The molecule has 2 heteroatoms. The summed E-state index contributed by atoms with van der Waals surface area (Å²) >= 11 is 0. The average Bonchev–Trinajstić information content (AvgIpc) is 2.88. The van der Waals surface area contributed by atoms with Gasteiger partial charge in [0, 0.05) is 19.2 Å². The predicted molar refractivity (Wildman–Crippen MR) is 49.0 cm³/mol. The van der Waals surface area contributed by atoms with Crippen molar-refractivity contribution in [3.05, 3.63) is 0 Å². The second-order valence-electron chi connectivity index (χ2n) is 4.25. The van der Waals surface area contributed by atoms with Gasteiger partial charge in [-0.15, -0.1) is 0 Å². The van der Waals surface area contributed by atoms with Crippen molar-refractivity contribution in [3.8, 4) is 0 Å². The number of hydrogen-bond acceptors (Lipinski definition) is 2. The smallest absolute Gasteiger partial charge is 0.0434 e. The van der Waals surface area contributed by atoms with E-state index in [4.69, 9.17) is 5.11 Å². The molecule has 2 fully saturated rings. The molecule has 1 aliphatic heterocycles. The highest BCUT2D eigenvalue weighted by Gasteiger charge is 2.32. The average molecular weight is 169 g/mol. The molecule has 1 unspecified atom stereocenters. The third kappa shape index (κ3) is 1.99. The van der Waals surface area contributed by atoms with E-state index in [0.29, 0.717) is 6.61 Å². The predicted octanol–water partition coefficient (Wildman–Crippen LogP) is 1.24. The highest BCUT2D eigenvalue weighted by Crippen LogP contribution is 2.31. The molecule has 1 heterocycles. The van der Waals surface area contributed by atoms with E-state index < -0.39 is 0 Å². The van der Waals surface area contributed by atoms with E-state index in [9.17, 15) is 0 Å². The van der Waals surface area contributed by atoms with Gasteiger partial charge in [0.2, 0.25) is 0 Å². The molecule has 2 aliphatic rings. The molecule has 1 aliphatic carbocycles. The third-order valence-corrected chi connectivity index (χ3v) is 3.15. The van der Waals surface area contributed by atoms with Gasteiger partial charge in [0.1, 0.15) is 0 Å². The summed E-state index contributed by atoms with van der Waals surface area (Å²) in [5.74, 6) is 0.782. The van der Waals surface area contributed by atoms with Gasteiger partial charge in [-0.05, 0) is 44.6 Å². The van der Waals surface area contributed by atoms with Gasteiger partial charge < -0.3 is 10.0 Å². The summed E-state index contributed by atoms with van der Waals surface area (Å²) in [6.45, 7) is 2.95. The fourth-order valence-corrected chi connectivity index (χ4v) is 2.29. The van der Waals surface area contributed by atoms with Gasteiger partial charge in [0.25, 0.3) is 0 Å². The summed E-state index contributed by atoms with van der Waals surface area (Å²) in [7, 11) is 0. The van der Waals surface area contributed by atoms with Crippen LogP contribution in [0.5, 0.6) is 0 Å². The van der Waals surface area contributed by atoms with Crippen molar-refractivity contribution in [1.29, 1.82) is 0 Å². The van der Waals surface area contributed by atoms with E-state index in [-0.39, 0.29) is 0 Å². The zero-order valence-corrected chi connectivity index (χ0v) is 7.71. The maximum absolute atomic E-state index is 8.84. The molecule has 0 aromatic heterocycles. The number of nitrogens with zero attached hydrogens (tertiary/aromatic N) is 1. The van der Waals surface area contributed by atoms with E-state index in [1.165, 1.54) is 38.8 Å². The van der Waals surface area contributed by atoms with Crippen LogP contribution in [0.2, 0.25) is 0 Å². The standard InChI is InChI=1S/C10H19NO/c12-7-5-9-2-1-6-11(8-9)10-3-4-10/h9-10,12H,1-8H2. The Hall–Kier alpha value is -0.0800. The van der Waals surface area contributed by atoms with Crippen molar-refractivity contribution in [2.45, 2.75) is 38.1 Å². The van der Waals surface area contributed by atoms with E-state index in [0.717, 1.165) is 18.4 Å². The summed E-state index contributed by atoms with van der Waals surface area (Å²) in [6, 6.07) is 0.923. The van der Waals surface area contributed by atoms with Crippen LogP contribution in [0.1, 0.15) is 32.1 Å². The number of aliphatic hydroxyl groups is 1. The quantitative estimate of drug-likeness (QED) is 0.687. The number of rotatable bonds is 3. The lowest BCUT2D eigenvalue weighted by Crippen LogP contribution is -2.37. The van der Waals surface area contributed by atoms with E-state index in [1.54, 1.807) is 0 Å². The number of aliphatic hydroxyl groups excluding tert-OH is 1. The zero-order chi connectivity index (χ0) is 8.39. The van der Waals surface area contributed by atoms with Crippen LogP contribution >= 0.6 is 0 Å². The summed E-state index contributed by atoms with van der Waals surface area (Å²) in [5.41, 5.74) is 0. The summed E-state index contributed by atoms with van der Waals surface area (Å²) in [4.78, 5) is 2.63. The Morgan fingerprint density at radius 2 is 2.08 bits per heavy atom. The van der Waals surface area contributed by atoms with Crippen LogP contribution in [-0.4, -0.2) is 35.7 Å². The molecule has 1 saturated heterocycles. The van der Waals surface area contributed by atoms with Gasteiger partial charge in [0.15, 0.2) is 0 Å². The van der Waals surface area contributed by atoms with Crippen LogP contribution in [0.4, 0.5) is 0 Å². The van der Waals surface area contributed by atoms with Crippen molar-refractivity contribution in [3.63, 3.8) is 0 Å². The van der Waals surface area contributed by atoms with Crippen molar-refractivity contribution in [1.82, 2.24) is 4.90 Å². The minimum atomic E-state index is 0.378. The fourth-order valence-electron chi connectivity index (χ4n) is 2.29. The number of piperidine rings is 1. The molecular weight excluding hydrogens is 150 g/mol. The Bertz CT molecular complexity index is 143. The Morgan fingerprint density at radius 1 is 1.25 bits per heavy atom. The molecule has 0 radical (unpaired) electrons. The van der Waals surface area contributed by atoms with Gasteiger partial charge in [-0.1, -0.05) is 0 Å². The first-order valence-corrected chi connectivity index (χ1v) is 5.25. The van der Waals surface area contributed by atoms with Crippen molar-refractivity contribution in [2.75, 3.05) is 19.7 Å². The van der Waals surface area contributed by atoms with Crippen LogP contribution in [0.25, 0.3) is 0 Å². The Labute approximate surface area is 74.6 Å². The fraction of sp³-hybridized carbons (Fsp3) is 1.00. The van der Waals surface area contributed by atoms with Gasteiger partial charge in [0.05, 0.1) is 0 Å². The maximum atomic E-state index is 8.84. The molecule has 2 nitrogen and oxygen atoms in total. The number of likely N-dealkylation sites (tertiary alicyclic amines) is 1. The molecule has 0 spiro atoms. The molecule has 12 heavy (non-hydrogen) atoms. The monoisotopic (exact) mass is 169 g/mol. The topological polar surface area (TPSA) is 23.5 Å². The van der Waals surface area contributed by atoms with Gasteiger partial charge in [-0.3, -0.25) is 0 Å². The van der Waals surface area contributed by atoms with Gasteiger partial charge >= 0.3 is 0 Å². The van der Waals surface area contributed by atoms with E-state index >= 15 is 0 Å². The van der Waals surface area contributed by atoms with Gasteiger partial charge in [-0.2, -0.15) is 0 Å². The zero-order valence-electron chi connectivity index (χ0n) is 7.71. The van der Waals surface area contributed by atoms with Crippen LogP contribution in [0.3, 0.4) is 0 Å². The highest BCUT2D eigenvalue weighted by molar-refractivity contribution is 4.87. The van der Waals surface area contributed by atoms with Crippen molar-refractivity contribution >= 4 is 0 Å². The lowest BCUT2D eigenvalue weighted by atomic mass is 9.95. The number of hydrogen-bond donors (Lipinski definition) is 1. The van der Waals surface area contributed by atoms with Crippen LogP contribution < -0.4 is 0 Å². The molecule has 70 valence electrons.